The van der Waals surface area contributed by atoms with Crippen LogP contribution in [0.4, 0.5) is 5.69 Å². The molecule has 0 saturated carbocycles. The summed E-state index contributed by atoms with van der Waals surface area (Å²) in [7, 11) is 0. The third-order valence-electron chi connectivity index (χ3n) is 5.03. The van der Waals surface area contributed by atoms with Gasteiger partial charge in [-0.3, -0.25) is 9.59 Å². The number of aryl methyl sites for hydroxylation is 1. The molecule has 0 aromatic heterocycles. The largest absolute Gasteiger partial charge is 0.356 e. The first-order valence-corrected chi connectivity index (χ1v) is 10.3. The first-order valence-electron chi connectivity index (χ1n) is 10.3. The molecule has 3 aromatic carbocycles. The molecule has 0 aliphatic carbocycles. The SMILES string of the molecule is Cc1ccc(NC(=O)[C@H](CC(=O)NCCc2ccccc2)Cc2ccccc2)cc1. The molecular weight excluding hydrogens is 372 g/mol. The molecular formula is C26H28N2O2. The first-order chi connectivity index (χ1) is 14.6. The van der Waals surface area contributed by atoms with Gasteiger partial charge >= 0.3 is 0 Å². The molecule has 0 radical (unpaired) electrons. The Balaban J connectivity index is 1.60. The number of hydrogen-bond acceptors (Lipinski definition) is 2. The van der Waals surface area contributed by atoms with E-state index in [1.807, 2.05) is 91.9 Å². The lowest BCUT2D eigenvalue weighted by Crippen LogP contribution is -2.33. The maximum atomic E-state index is 12.9. The molecule has 3 aromatic rings. The highest BCUT2D eigenvalue weighted by atomic mass is 16.2. The van der Waals surface area contributed by atoms with Gasteiger partial charge in [-0.2, -0.15) is 0 Å². The summed E-state index contributed by atoms with van der Waals surface area (Å²) in [6, 6.07) is 27.5. The topological polar surface area (TPSA) is 58.2 Å². The Morgan fingerprint density at radius 3 is 2.03 bits per heavy atom. The lowest BCUT2D eigenvalue weighted by Gasteiger charge is -2.17. The molecule has 154 valence electrons. The second-order valence-corrected chi connectivity index (χ2v) is 7.53. The highest BCUT2D eigenvalue weighted by Gasteiger charge is 2.22. The number of amides is 2. The predicted octanol–water partition coefficient (Wildman–Crippen LogP) is 4.54. The van der Waals surface area contributed by atoms with Gasteiger partial charge in [0.2, 0.25) is 11.8 Å². The Morgan fingerprint density at radius 1 is 0.800 bits per heavy atom. The summed E-state index contributed by atoms with van der Waals surface area (Å²) in [5.74, 6) is -0.683. The summed E-state index contributed by atoms with van der Waals surface area (Å²) in [5.41, 5.74) is 4.09. The zero-order valence-electron chi connectivity index (χ0n) is 17.3. The second-order valence-electron chi connectivity index (χ2n) is 7.53. The molecule has 2 amide bonds. The minimum atomic E-state index is -0.439. The monoisotopic (exact) mass is 400 g/mol. The van der Waals surface area contributed by atoms with Crippen molar-refractivity contribution in [2.24, 2.45) is 5.92 Å². The Morgan fingerprint density at radius 2 is 1.40 bits per heavy atom. The highest BCUT2D eigenvalue weighted by Crippen LogP contribution is 2.17. The van der Waals surface area contributed by atoms with Crippen LogP contribution in [0.15, 0.2) is 84.9 Å². The van der Waals surface area contributed by atoms with Crippen molar-refractivity contribution in [1.82, 2.24) is 5.32 Å². The van der Waals surface area contributed by atoms with Gasteiger partial charge in [-0.15, -0.1) is 0 Å². The molecule has 4 heteroatoms. The van der Waals surface area contributed by atoms with E-state index >= 15 is 0 Å². The molecule has 0 aliphatic heterocycles. The number of carbonyl (C=O) groups is 2. The molecule has 3 rings (SSSR count). The molecule has 0 aliphatic rings. The van der Waals surface area contributed by atoms with Crippen LogP contribution < -0.4 is 10.6 Å². The number of nitrogens with one attached hydrogen (secondary N) is 2. The number of hydrogen-bond donors (Lipinski definition) is 2. The van der Waals surface area contributed by atoms with Crippen molar-refractivity contribution in [2.75, 3.05) is 11.9 Å². The van der Waals surface area contributed by atoms with Crippen LogP contribution >= 0.6 is 0 Å². The summed E-state index contributed by atoms with van der Waals surface area (Å²) in [6.07, 6.45) is 1.44. The van der Waals surface area contributed by atoms with Gasteiger partial charge in [0.15, 0.2) is 0 Å². The second kappa shape index (κ2) is 11.0. The Labute approximate surface area is 178 Å². The molecule has 0 spiro atoms. The molecule has 1 atom stereocenters. The summed E-state index contributed by atoms with van der Waals surface area (Å²) in [4.78, 5) is 25.5. The molecule has 4 nitrogen and oxygen atoms in total. The van der Waals surface area contributed by atoms with Crippen LogP contribution in [0.5, 0.6) is 0 Å². The molecule has 0 bridgehead atoms. The summed E-state index contributed by atoms with van der Waals surface area (Å²) < 4.78 is 0. The molecule has 30 heavy (non-hydrogen) atoms. The van der Waals surface area contributed by atoms with E-state index < -0.39 is 5.92 Å². The standard InChI is InChI=1S/C26H28N2O2/c1-20-12-14-24(15-13-20)28-26(30)23(18-22-10-6-3-7-11-22)19-25(29)27-17-16-21-8-4-2-5-9-21/h2-15,23H,16-19H2,1H3,(H,27,29)(H,28,30)/t23-/m0/s1. The number of rotatable bonds is 9. The van der Waals surface area contributed by atoms with E-state index in [-0.39, 0.29) is 18.2 Å². The third kappa shape index (κ3) is 6.89. The number of carbonyl (C=O) groups excluding carboxylic acids is 2. The van der Waals surface area contributed by atoms with Crippen molar-refractivity contribution in [2.45, 2.75) is 26.2 Å². The Hall–Kier alpha value is -3.40. The van der Waals surface area contributed by atoms with E-state index in [0.717, 1.165) is 23.2 Å². The van der Waals surface area contributed by atoms with Gasteiger partial charge in [0.25, 0.3) is 0 Å². The lowest BCUT2D eigenvalue weighted by molar-refractivity contribution is -0.127. The van der Waals surface area contributed by atoms with Crippen LogP contribution in [0.2, 0.25) is 0 Å². The van der Waals surface area contributed by atoms with Gasteiger partial charge in [-0.05, 0) is 43.0 Å². The molecule has 0 fully saturated rings. The van der Waals surface area contributed by atoms with Gasteiger partial charge in [0.05, 0.1) is 5.92 Å². The Bertz CT molecular complexity index is 938. The maximum Gasteiger partial charge on any atom is 0.228 e. The third-order valence-corrected chi connectivity index (χ3v) is 5.03. The van der Waals surface area contributed by atoms with Gasteiger partial charge in [-0.1, -0.05) is 78.4 Å². The Kier molecular flexibility index (Phi) is 7.78. The molecule has 0 heterocycles. The minimum Gasteiger partial charge on any atom is -0.356 e. The van der Waals surface area contributed by atoms with Gasteiger partial charge in [-0.25, -0.2) is 0 Å². The first kappa shape index (κ1) is 21.3. The number of anilines is 1. The summed E-state index contributed by atoms with van der Waals surface area (Å²) in [5, 5.41) is 5.91. The van der Waals surface area contributed by atoms with E-state index in [1.54, 1.807) is 0 Å². The zero-order valence-corrected chi connectivity index (χ0v) is 17.3. The van der Waals surface area contributed by atoms with E-state index in [1.165, 1.54) is 5.56 Å². The predicted molar refractivity (Wildman–Crippen MR) is 121 cm³/mol. The van der Waals surface area contributed by atoms with E-state index in [0.29, 0.717) is 13.0 Å². The smallest absolute Gasteiger partial charge is 0.228 e. The van der Waals surface area contributed by atoms with Gasteiger partial charge < -0.3 is 10.6 Å². The van der Waals surface area contributed by atoms with Crippen molar-refractivity contribution >= 4 is 17.5 Å². The van der Waals surface area contributed by atoms with Crippen LogP contribution in [-0.4, -0.2) is 18.4 Å². The molecule has 2 N–H and O–H groups in total. The van der Waals surface area contributed by atoms with Crippen molar-refractivity contribution in [3.05, 3.63) is 102 Å². The van der Waals surface area contributed by atoms with E-state index in [9.17, 15) is 9.59 Å². The average Bonchev–Trinajstić information content (AvgIpc) is 2.76. The van der Waals surface area contributed by atoms with E-state index in [2.05, 4.69) is 10.6 Å². The van der Waals surface area contributed by atoms with Crippen LogP contribution in [0, 0.1) is 12.8 Å². The zero-order chi connectivity index (χ0) is 21.2. The van der Waals surface area contributed by atoms with Crippen molar-refractivity contribution in [3.63, 3.8) is 0 Å². The maximum absolute atomic E-state index is 12.9. The van der Waals surface area contributed by atoms with Gasteiger partial charge in [0, 0.05) is 18.7 Å². The van der Waals surface area contributed by atoms with Crippen molar-refractivity contribution in [1.29, 1.82) is 0 Å². The highest BCUT2D eigenvalue weighted by molar-refractivity contribution is 5.95. The lowest BCUT2D eigenvalue weighted by atomic mass is 9.94. The van der Waals surface area contributed by atoms with Crippen LogP contribution in [-0.2, 0) is 22.4 Å². The van der Waals surface area contributed by atoms with E-state index in [4.69, 9.17) is 0 Å². The summed E-state index contributed by atoms with van der Waals surface area (Å²) >= 11 is 0. The van der Waals surface area contributed by atoms with Crippen LogP contribution in [0.25, 0.3) is 0 Å². The normalized spacial score (nSPS) is 11.5. The van der Waals surface area contributed by atoms with Crippen LogP contribution in [0.1, 0.15) is 23.1 Å². The fourth-order valence-electron chi connectivity index (χ4n) is 3.32. The number of benzene rings is 3. The summed E-state index contributed by atoms with van der Waals surface area (Å²) in [6.45, 7) is 2.56. The minimum absolute atomic E-state index is 0.106. The quantitative estimate of drug-likeness (QED) is 0.554. The van der Waals surface area contributed by atoms with Crippen molar-refractivity contribution < 1.29 is 9.59 Å². The fraction of sp³-hybridized carbons (Fsp3) is 0.231. The van der Waals surface area contributed by atoms with Crippen molar-refractivity contribution in [3.8, 4) is 0 Å². The molecule has 0 saturated heterocycles. The average molecular weight is 401 g/mol. The van der Waals surface area contributed by atoms with Gasteiger partial charge in [0.1, 0.15) is 0 Å². The fourth-order valence-corrected chi connectivity index (χ4v) is 3.32. The molecule has 0 unspecified atom stereocenters. The van der Waals surface area contributed by atoms with Crippen LogP contribution in [0.3, 0.4) is 0 Å².